The second-order valence-corrected chi connectivity index (χ2v) is 4.57. The molecule has 1 aromatic carbocycles. The van der Waals surface area contributed by atoms with Gasteiger partial charge in [0.15, 0.2) is 0 Å². The lowest BCUT2D eigenvalue weighted by atomic mass is 10.1. The molecule has 1 atom stereocenters. The van der Waals surface area contributed by atoms with Crippen LogP contribution in [-0.4, -0.2) is 4.98 Å². The largest absolute Gasteiger partial charge is 0.467 e. The Morgan fingerprint density at radius 2 is 2.10 bits per heavy atom. The highest BCUT2D eigenvalue weighted by Gasteiger charge is 2.12. The number of fused-ring (bicyclic) bond motifs is 1. The minimum atomic E-state index is -0.0502. The van der Waals surface area contributed by atoms with Crippen molar-refractivity contribution in [2.24, 2.45) is 0 Å². The first-order valence-corrected chi connectivity index (χ1v) is 6.38. The molecule has 0 bridgehead atoms. The smallest absolute Gasteiger partial charge is 0.145 e. The molecule has 4 heteroatoms. The van der Waals surface area contributed by atoms with Gasteiger partial charge in [0.1, 0.15) is 17.6 Å². The van der Waals surface area contributed by atoms with Gasteiger partial charge in [-0.1, -0.05) is 18.2 Å². The Morgan fingerprint density at radius 3 is 2.85 bits per heavy atom. The van der Waals surface area contributed by atoms with Gasteiger partial charge in [0, 0.05) is 5.39 Å². The Kier molecular flexibility index (Phi) is 3.10. The summed E-state index contributed by atoms with van der Waals surface area (Å²) in [6.45, 7) is 1.97. The number of hydrogen-bond donors (Lipinski definition) is 1. The number of aromatic nitrogens is 1. The van der Waals surface area contributed by atoms with Crippen LogP contribution in [0.4, 0.5) is 5.82 Å². The maximum absolute atomic E-state index is 9.27. The maximum atomic E-state index is 9.27. The van der Waals surface area contributed by atoms with Crippen molar-refractivity contribution in [2.75, 3.05) is 5.32 Å². The Labute approximate surface area is 116 Å². The van der Waals surface area contributed by atoms with Crippen molar-refractivity contribution in [1.82, 2.24) is 4.98 Å². The molecule has 0 saturated heterocycles. The molecule has 2 aromatic heterocycles. The lowest BCUT2D eigenvalue weighted by molar-refractivity contribution is 0.490. The van der Waals surface area contributed by atoms with Crippen molar-refractivity contribution >= 4 is 16.7 Å². The number of nitriles is 1. The quantitative estimate of drug-likeness (QED) is 0.779. The Bertz CT molecular complexity index is 772. The molecule has 4 nitrogen and oxygen atoms in total. The van der Waals surface area contributed by atoms with Gasteiger partial charge in [-0.05, 0) is 31.2 Å². The molecular weight excluding hydrogens is 250 g/mol. The topological polar surface area (TPSA) is 61.9 Å². The van der Waals surface area contributed by atoms with Crippen LogP contribution in [0.3, 0.4) is 0 Å². The fourth-order valence-corrected chi connectivity index (χ4v) is 2.13. The number of nitrogens with zero attached hydrogens (tertiary/aromatic N) is 2. The van der Waals surface area contributed by atoms with Crippen LogP contribution in [0.2, 0.25) is 0 Å². The zero-order valence-electron chi connectivity index (χ0n) is 11.0. The molecule has 1 unspecified atom stereocenters. The van der Waals surface area contributed by atoms with Crippen LogP contribution < -0.4 is 5.32 Å². The average Bonchev–Trinajstić information content (AvgIpc) is 3.01. The molecule has 3 aromatic rings. The third kappa shape index (κ3) is 2.21. The standard InChI is InChI=1S/C16H13N3O/c1-11(15-7-4-8-20-15)18-16-13(10-17)9-12-5-2-3-6-14(12)19-16/h2-9,11H,1H3,(H,18,19). The van der Waals surface area contributed by atoms with Gasteiger partial charge >= 0.3 is 0 Å². The van der Waals surface area contributed by atoms with Crippen molar-refractivity contribution in [3.05, 3.63) is 60.1 Å². The summed E-state index contributed by atoms with van der Waals surface area (Å²) in [6.07, 6.45) is 1.63. The zero-order chi connectivity index (χ0) is 13.9. The van der Waals surface area contributed by atoms with E-state index in [0.29, 0.717) is 11.4 Å². The predicted octanol–water partition coefficient (Wildman–Crippen LogP) is 3.87. The third-order valence-corrected chi connectivity index (χ3v) is 3.17. The van der Waals surface area contributed by atoms with E-state index in [4.69, 9.17) is 4.42 Å². The fourth-order valence-electron chi connectivity index (χ4n) is 2.13. The lowest BCUT2D eigenvalue weighted by Gasteiger charge is -2.13. The van der Waals surface area contributed by atoms with Gasteiger partial charge in [-0.15, -0.1) is 0 Å². The minimum absolute atomic E-state index is 0.0502. The molecule has 2 heterocycles. The Hall–Kier alpha value is -2.80. The summed E-state index contributed by atoms with van der Waals surface area (Å²) in [5.41, 5.74) is 1.39. The third-order valence-electron chi connectivity index (χ3n) is 3.17. The van der Waals surface area contributed by atoms with Crippen molar-refractivity contribution in [2.45, 2.75) is 13.0 Å². The molecule has 0 aliphatic heterocycles. The van der Waals surface area contributed by atoms with Crippen LogP contribution in [-0.2, 0) is 0 Å². The molecule has 0 saturated carbocycles. The van der Waals surface area contributed by atoms with E-state index in [9.17, 15) is 5.26 Å². The van der Waals surface area contributed by atoms with Crippen molar-refractivity contribution in [1.29, 1.82) is 5.26 Å². The van der Waals surface area contributed by atoms with Crippen LogP contribution in [0.1, 0.15) is 24.3 Å². The van der Waals surface area contributed by atoms with Crippen LogP contribution in [0, 0.1) is 11.3 Å². The van der Waals surface area contributed by atoms with Gasteiger partial charge in [0.2, 0.25) is 0 Å². The fraction of sp³-hybridized carbons (Fsp3) is 0.125. The summed E-state index contributed by atoms with van der Waals surface area (Å²) < 4.78 is 5.36. The Morgan fingerprint density at radius 1 is 1.25 bits per heavy atom. The summed E-state index contributed by atoms with van der Waals surface area (Å²) in [7, 11) is 0. The SMILES string of the molecule is CC(Nc1nc2ccccc2cc1C#N)c1ccco1. The van der Waals surface area contributed by atoms with E-state index >= 15 is 0 Å². The first-order chi connectivity index (χ1) is 9.78. The number of nitrogens with one attached hydrogen (secondary N) is 1. The predicted molar refractivity (Wildman–Crippen MR) is 77.2 cm³/mol. The monoisotopic (exact) mass is 263 g/mol. The van der Waals surface area contributed by atoms with Gasteiger partial charge in [0.25, 0.3) is 0 Å². The van der Waals surface area contributed by atoms with Crippen molar-refractivity contribution in [3.63, 3.8) is 0 Å². The highest BCUT2D eigenvalue weighted by molar-refractivity contribution is 5.82. The normalized spacial score (nSPS) is 12.0. The number of anilines is 1. The van der Waals surface area contributed by atoms with Gasteiger partial charge < -0.3 is 9.73 Å². The van der Waals surface area contributed by atoms with E-state index < -0.39 is 0 Å². The number of pyridine rings is 1. The van der Waals surface area contributed by atoms with Crippen LogP contribution >= 0.6 is 0 Å². The first kappa shape index (κ1) is 12.2. The number of para-hydroxylation sites is 1. The number of rotatable bonds is 3. The first-order valence-electron chi connectivity index (χ1n) is 6.38. The van der Waals surface area contributed by atoms with Gasteiger partial charge in [0.05, 0.1) is 23.4 Å². The second-order valence-electron chi connectivity index (χ2n) is 4.57. The average molecular weight is 263 g/mol. The van der Waals surface area contributed by atoms with Crippen LogP contribution in [0.15, 0.2) is 53.1 Å². The number of benzene rings is 1. The summed E-state index contributed by atoms with van der Waals surface area (Å²) in [4.78, 5) is 4.52. The van der Waals surface area contributed by atoms with E-state index in [1.165, 1.54) is 0 Å². The highest BCUT2D eigenvalue weighted by Crippen LogP contribution is 2.24. The van der Waals surface area contributed by atoms with Crippen LogP contribution in [0.5, 0.6) is 0 Å². The summed E-state index contributed by atoms with van der Waals surface area (Å²) in [5.74, 6) is 1.39. The summed E-state index contributed by atoms with van der Waals surface area (Å²) in [5, 5.41) is 13.5. The van der Waals surface area contributed by atoms with Crippen LogP contribution in [0.25, 0.3) is 10.9 Å². The van der Waals surface area contributed by atoms with E-state index in [1.807, 2.05) is 49.4 Å². The van der Waals surface area contributed by atoms with Gasteiger partial charge in [-0.2, -0.15) is 5.26 Å². The maximum Gasteiger partial charge on any atom is 0.145 e. The summed E-state index contributed by atoms with van der Waals surface area (Å²) in [6, 6.07) is 15.5. The molecular formula is C16H13N3O. The molecule has 98 valence electrons. The zero-order valence-corrected chi connectivity index (χ0v) is 11.0. The molecule has 0 aliphatic carbocycles. The van der Waals surface area contributed by atoms with E-state index in [0.717, 1.165) is 16.7 Å². The van der Waals surface area contributed by atoms with E-state index in [1.54, 1.807) is 6.26 Å². The van der Waals surface area contributed by atoms with Crippen molar-refractivity contribution < 1.29 is 4.42 Å². The molecule has 0 spiro atoms. The Balaban J connectivity index is 2.00. The molecule has 1 N–H and O–H groups in total. The molecule has 0 aliphatic rings. The minimum Gasteiger partial charge on any atom is -0.467 e. The molecule has 0 fully saturated rings. The molecule has 0 amide bonds. The lowest BCUT2D eigenvalue weighted by Crippen LogP contribution is -2.08. The summed E-state index contributed by atoms with van der Waals surface area (Å²) >= 11 is 0. The highest BCUT2D eigenvalue weighted by atomic mass is 16.3. The number of furan rings is 1. The van der Waals surface area contributed by atoms with E-state index in [-0.39, 0.29) is 6.04 Å². The van der Waals surface area contributed by atoms with E-state index in [2.05, 4.69) is 16.4 Å². The van der Waals surface area contributed by atoms with Gasteiger partial charge in [-0.3, -0.25) is 0 Å². The molecule has 0 radical (unpaired) electrons. The second kappa shape index (κ2) is 5.06. The van der Waals surface area contributed by atoms with Crippen molar-refractivity contribution in [3.8, 4) is 6.07 Å². The molecule has 20 heavy (non-hydrogen) atoms. The molecule has 3 rings (SSSR count). The number of hydrogen-bond acceptors (Lipinski definition) is 4. The van der Waals surface area contributed by atoms with Gasteiger partial charge in [-0.25, -0.2) is 4.98 Å².